The minimum Gasteiger partial charge on any atom is -0.486 e. The van der Waals surface area contributed by atoms with E-state index in [-0.39, 0.29) is 10.1 Å². The Morgan fingerprint density at radius 1 is 1.27 bits per heavy atom. The lowest BCUT2D eigenvalue weighted by molar-refractivity contribution is -0.131. The number of thiophene rings is 1. The zero-order chi connectivity index (χ0) is 18.7. The van der Waals surface area contributed by atoms with E-state index >= 15 is 0 Å². The van der Waals surface area contributed by atoms with Gasteiger partial charge in [0.25, 0.3) is 10.0 Å². The molecule has 1 aromatic carbocycles. The average molecular weight is 396 g/mol. The molecule has 26 heavy (non-hydrogen) atoms. The second kappa shape index (κ2) is 7.65. The highest BCUT2D eigenvalue weighted by Crippen LogP contribution is 2.31. The van der Waals surface area contributed by atoms with Crippen LogP contribution in [0.1, 0.15) is 12.5 Å². The van der Waals surface area contributed by atoms with Crippen molar-refractivity contribution in [1.82, 2.24) is 9.62 Å². The van der Waals surface area contributed by atoms with E-state index in [1.807, 2.05) is 18.2 Å². The normalized spacial score (nSPS) is 14.7. The largest absolute Gasteiger partial charge is 0.486 e. The third kappa shape index (κ3) is 4.17. The summed E-state index contributed by atoms with van der Waals surface area (Å²) in [6, 6.07) is 7.79. The van der Waals surface area contributed by atoms with Gasteiger partial charge in [-0.05, 0) is 36.1 Å². The quantitative estimate of drug-likeness (QED) is 0.805. The number of carbonyl (C=O) groups is 1. The molecule has 2 heterocycles. The molecule has 0 radical (unpaired) electrons. The Morgan fingerprint density at radius 2 is 2.00 bits per heavy atom. The Kier molecular flexibility index (Phi) is 5.49. The highest BCUT2D eigenvalue weighted by molar-refractivity contribution is 7.91. The van der Waals surface area contributed by atoms with E-state index in [1.54, 1.807) is 18.5 Å². The first-order chi connectivity index (χ1) is 12.4. The maximum absolute atomic E-state index is 12.5. The van der Waals surface area contributed by atoms with Crippen molar-refractivity contribution in [3.8, 4) is 11.5 Å². The van der Waals surface area contributed by atoms with Gasteiger partial charge in [0.15, 0.2) is 11.5 Å². The van der Waals surface area contributed by atoms with Crippen LogP contribution in [-0.2, 0) is 21.4 Å². The molecule has 0 spiro atoms. The van der Waals surface area contributed by atoms with Crippen molar-refractivity contribution in [3.63, 3.8) is 0 Å². The number of nitrogens with zero attached hydrogens (tertiary/aromatic N) is 1. The van der Waals surface area contributed by atoms with Crippen molar-refractivity contribution in [2.75, 3.05) is 20.3 Å². The second-order valence-corrected chi connectivity index (χ2v) is 8.84. The molecular weight excluding hydrogens is 376 g/mol. The summed E-state index contributed by atoms with van der Waals surface area (Å²) in [6.07, 6.45) is 0. The van der Waals surface area contributed by atoms with Crippen LogP contribution in [0.5, 0.6) is 11.5 Å². The third-order valence-electron chi connectivity index (χ3n) is 3.86. The molecule has 0 fully saturated rings. The number of ether oxygens (including phenoxy) is 2. The van der Waals surface area contributed by atoms with Crippen LogP contribution in [0, 0.1) is 0 Å². The number of nitrogens with one attached hydrogen (secondary N) is 1. The molecule has 1 N–H and O–H groups in total. The molecule has 2 aromatic rings. The molecule has 0 bridgehead atoms. The minimum absolute atomic E-state index is 0.187. The number of benzene rings is 1. The monoisotopic (exact) mass is 396 g/mol. The Balaban J connectivity index is 1.64. The van der Waals surface area contributed by atoms with Crippen LogP contribution < -0.4 is 14.2 Å². The maximum atomic E-state index is 12.5. The Morgan fingerprint density at radius 3 is 2.69 bits per heavy atom. The number of likely N-dealkylation sites (N-methyl/N-ethyl adjacent to an activating group) is 1. The number of hydrogen-bond donors (Lipinski definition) is 1. The third-order valence-corrected chi connectivity index (χ3v) is 6.80. The molecule has 0 saturated heterocycles. The number of carbonyl (C=O) groups excluding carboxylic acids is 1. The zero-order valence-corrected chi connectivity index (χ0v) is 16.1. The molecule has 1 aliphatic rings. The molecule has 7 nitrogen and oxygen atoms in total. The predicted octanol–water partition coefficient (Wildman–Crippen LogP) is 1.84. The fourth-order valence-corrected chi connectivity index (χ4v) is 4.83. The number of amides is 1. The fraction of sp³-hybridized carbons (Fsp3) is 0.353. The first-order valence-electron chi connectivity index (χ1n) is 8.06. The van der Waals surface area contributed by atoms with Gasteiger partial charge < -0.3 is 14.4 Å². The number of sulfonamides is 1. The molecule has 1 atom stereocenters. The van der Waals surface area contributed by atoms with Crippen LogP contribution in [0.15, 0.2) is 39.9 Å². The zero-order valence-electron chi connectivity index (χ0n) is 14.5. The standard InChI is InChI=1S/C17H20N2O5S2/c1-12(18-26(21,22)16-4-3-9-25-16)17(20)19(2)11-13-5-6-14-15(10-13)24-8-7-23-14/h3-6,9-10,12,18H,7-8,11H2,1-2H3. The smallest absolute Gasteiger partial charge is 0.250 e. The van der Waals surface area contributed by atoms with Gasteiger partial charge in [0.05, 0.1) is 6.04 Å². The summed E-state index contributed by atoms with van der Waals surface area (Å²) in [6.45, 7) is 2.88. The lowest BCUT2D eigenvalue weighted by atomic mass is 10.1. The molecule has 1 unspecified atom stereocenters. The Bertz CT molecular complexity index is 881. The molecule has 9 heteroatoms. The molecule has 1 aromatic heterocycles. The van der Waals surface area contributed by atoms with Gasteiger partial charge in [-0.1, -0.05) is 12.1 Å². The van der Waals surface area contributed by atoms with Gasteiger partial charge in [0.2, 0.25) is 5.91 Å². The molecule has 1 aliphatic heterocycles. The van der Waals surface area contributed by atoms with Gasteiger partial charge >= 0.3 is 0 Å². The Hall–Kier alpha value is -2.10. The van der Waals surface area contributed by atoms with Gasteiger partial charge in [-0.25, -0.2) is 8.42 Å². The van der Waals surface area contributed by atoms with E-state index in [1.165, 1.54) is 17.9 Å². The van der Waals surface area contributed by atoms with Crippen LogP contribution in [0.25, 0.3) is 0 Å². The summed E-state index contributed by atoms with van der Waals surface area (Å²) in [7, 11) is -2.06. The number of hydrogen-bond acceptors (Lipinski definition) is 6. The van der Waals surface area contributed by atoms with Crippen molar-refractivity contribution in [2.24, 2.45) is 0 Å². The van der Waals surface area contributed by atoms with Crippen LogP contribution in [0.2, 0.25) is 0 Å². The molecule has 0 aliphatic carbocycles. The van der Waals surface area contributed by atoms with Gasteiger partial charge in [-0.2, -0.15) is 4.72 Å². The van der Waals surface area contributed by atoms with Gasteiger partial charge in [0.1, 0.15) is 17.4 Å². The van der Waals surface area contributed by atoms with E-state index in [0.717, 1.165) is 16.9 Å². The second-order valence-electron chi connectivity index (χ2n) is 5.95. The highest BCUT2D eigenvalue weighted by atomic mass is 32.2. The maximum Gasteiger partial charge on any atom is 0.250 e. The molecule has 3 rings (SSSR count). The minimum atomic E-state index is -3.70. The lowest BCUT2D eigenvalue weighted by Crippen LogP contribution is -2.45. The van der Waals surface area contributed by atoms with E-state index in [9.17, 15) is 13.2 Å². The van der Waals surface area contributed by atoms with Crippen molar-refractivity contribution in [1.29, 1.82) is 0 Å². The number of rotatable bonds is 6. The summed E-state index contributed by atoms with van der Waals surface area (Å²) >= 11 is 1.11. The first-order valence-corrected chi connectivity index (χ1v) is 10.4. The summed E-state index contributed by atoms with van der Waals surface area (Å²) in [5, 5.41) is 1.68. The average Bonchev–Trinajstić information content (AvgIpc) is 3.16. The molecule has 140 valence electrons. The van der Waals surface area contributed by atoms with Crippen molar-refractivity contribution >= 4 is 27.3 Å². The number of fused-ring (bicyclic) bond motifs is 1. The fourth-order valence-electron chi connectivity index (χ4n) is 2.63. The van der Waals surface area contributed by atoms with Crippen molar-refractivity contribution in [3.05, 3.63) is 41.3 Å². The van der Waals surface area contributed by atoms with E-state index in [2.05, 4.69) is 4.72 Å². The van der Waals surface area contributed by atoms with Gasteiger partial charge in [-0.15, -0.1) is 11.3 Å². The van der Waals surface area contributed by atoms with Crippen LogP contribution in [-0.4, -0.2) is 45.5 Å². The molecular formula is C17H20N2O5S2. The Labute approximate surface area is 156 Å². The van der Waals surface area contributed by atoms with Crippen LogP contribution in [0.4, 0.5) is 0 Å². The molecule has 0 saturated carbocycles. The van der Waals surface area contributed by atoms with Crippen molar-refractivity contribution in [2.45, 2.75) is 23.7 Å². The summed E-state index contributed by atoms with van der Waals surface area (Å²) < 4.78 is 38.1. The SMILES string of the molecule is CC(NS(=O)(=O)c1cccs1)C(=O)N(C)Cc1ccc2c(c1)OCCO2. The van der Waals surface area contributed by atoms with Crippen molar-refractivity contribution < 1.29 is 22.7 Å². The summed E-state index contributed by atoms with van der Waals surface area (Å²) in [5.74, 6) is 1.02. The molecule has 1 amide bonds. The summed E-state index contributed by atoms with van der Waals surface area (Å²) in [5.41, 5.74) is 0.874. The van der Waals surface area contributed by atoms with Crippen LogP contribution in [0.3, 0.4) is 0 Å². The van der Waals surface area contributed by atoms with E-state index < -0.39 is 16.1 Å². The summed E-state index contributed by atoms with van der Waals surface area (Å²) in [4.78, 5) is 14.0. The van der Waals surface area contributed by atoms with Gasteiger partial charge in [0, 0.05) is 13.6 Å². The predicted molar refractivity (Wildman–Crippen MR) is 98.0 cm³/mol. The topological polar surface area (TPSA) is 84.9 Å². The first kappa shape index (κ1) is 18.7. The highest BCUT2D eigenvalue weighted by Gasteiger charge is 2.25. The van der Waals surface area contributed by atoms with E-state index in [4.69, 9.17) is 9.47 Å². The van der Waals surface area contributed by atoms with Gasteiger partial charge in [-0.3, -0.25) is 4.79 Å². The lowest BCUT2D eigenvalue weighted by Gasteiger charge is -2.23. The van der Waals surface area contributed by atoms with E-state index in [0.29, 0.717) is 31.3 Å². The van der Waals surface area contributed by atoms with Crippen LogP contribution >= 0.6 is 11.3 Å².